The zero-order valence-corrected chi connectivity index (χ0v) is 14.3. The van der Waals surface area contributed by atoms with Gasteiger partial charge in [-0.2, -0.15) is 0 Å². The van der Waals surface area contributed by atoms with Crippen LogP contribution in [0.25, 0.3) is 0 Å². The number of rotatable bonds is 2. The zero-order chi connectivity index (χ0) is 15.8. The lowest BCUT2D eigenvalue weighted by atomic mass is 9.94. The van der Waals surface area contributed by atoms with Crippen molar-refractivity contribution in [2.45, 2.75) is 19.1 Å². The third-order valence-electron chi connectivity index (χ3n) is 4.14. The largest absolute Gasteiger partial charge is 0.365 e. The molecule has 0 saturated carbocycles. The van der Waals surface area contributed by atoms with E-state index in [0.717, 1.165) is 10.7 Å². The first-order valence-electron chi connectivity index (χ1n) is 7.64. The van der Waals surface area contributed by atoms with E-state index in [1.807, 2.05) is 29.5 Å². The summed E-state index contributed by atoms with van der Waals surface area (Å²) in [6.45, 7) is 2.14. The maximum Gasteiger partial charge on any atom is 0.113 e. The number of halogens is 1. The van der Waals surface area contributed by atoms with Crippen molar-refractivity contribution in [1.29, 1.82) is 0 Å². The molecule has 2 atom stereocenters. The van der Waals surface area contributed by atoms with Crippen LogP contribution in [-0.4, -0.2) is 0 Å². The molecule has 2 nitrogen and oxygen atoms in total. The van der Waals surface area contributed by atoms with Crippen LogP contribution in [0.1, 0.15) is 33.1 Å². The monoisotopic (exact) mass is 340 g/mol. The standard InChI is InChI=1S/C19H17ClN2S/c1-12-7-10-17(23-12)19-21-16-9-8-14(20)11-15(16)18(22-19)13-5-3-2-4-6-13/h2-11,18-19,21-22H,1H3/t18-,19-/m1/s1. The summed E-state index contributed by atoms with van der Waals surface area (Å²) in [5.41, 5.74) is 3.57. The Morgan fingerprint density at radius 3 is 2.57 bits per heavy atom. The van der Waals surface area contributed by atoms with Crippen LogP contribution in [0.5, 0.6) is 0 Å². The molecular formula is C19H17ClN2S. The molecule has 1 aromatic heterocycles. The molecule has 3 aromatic rings. The lowest BCUT2D eigenvalue weighted by Gasteiger charge is -2.34. The van der Waals surface area contributed by atoms with Crippen LogP contribution >= 0.6 is 22.9 Å². The van der Waals surface area contributed by atoms with Crippen molar-refractivity contribution in [3.8, 4) is 0 Å². The van der Waals surface area contributed by atoms with Gasteiger partial charge in [-0.1, -0.05) is 41.9 Å². The summed E-state index contributed by atoms with van der Waals surface area (Å²) < 4.78 is 0. The minimum Gasteiger partial charge on any atom is -0.365 e. The molecule has 2 heterocycles. The Bertz CT molecular complexity index is 828. The Hall–Kier alpha value is -1.81. The van der Waals surface area contributed by atoms with Crippen LogP contribution in [0, 0.1) is 6.92 Å². The molecule has 1 aliphatic heterocycles. The van der Waals surface area contributed by atoms with Gasteiger partial charge in [0.05, 0.1) is 6.04 Å². The van der Waals surface area contributed by atoms with Gasteiger partial charge in [0.15, 0.2) is 0 Å². The van der Waals surface area contributed by atoms with Crippen molar-refractivity contribution in [2.24, 2.45) is 0 Å². The number of hydrogen-bond donors (Lipinski definition) is 2. The van der Waals surface area contributed by atoms with Crippen LogP contribution in [-0.2, 0) is 0 Å². The Morgan fingerprint density at radius 2 is 1.83 bits per heavy atom. The van der Waals surface area contributed by atoms with E-state index >= 15 is 0 Å². The van der Waals surface area contributed by atoms with E-state index in [0.29, 0.717) is 0 Å². The summed E-state index contributed by atoms with van der Waals surface area (Å²) in [5, 5.41) is 8.08. The van der Waals surface area contributed by atoms with Crippen molar-refractivity contribution in [2.75, 3.05) is 5.32 Å². The normalized spacial score (nSPS) is 19.9. The van der Waals surface area contributed by atoms with E-state index in [-0.39, 0.29) is 12.2 Å². The molecule has 0 bridgehead atoms. The van der Waals surface area contributed by atoms with E-state index in [1.54, 1.807) is 0 Å². The highest BCUT2D eigenvalue weighted by Gasteiger charge is 2.28. The number of aryl methyl sites for hydroxylation is 1. The Labute approximate surface area is 145 Å². The first-order chi connectivity index (χ1) is 11.2. The second-order valence-corrected chi connectivity index (χ2v) is 7.52. The van der Waals surface area contributed by atoms with Gasteiger partial charge in [-0.25, -0.2) is 0 Å². The van der Waals surface area contributed by atoms with Gasteiger partial charge in [-0.15, -0.1) is 11.3 Å². The van der Waals surface area contributed by atoms with Crippen LogP contribution in [0.4, 0.5) is 5.69 Å². The highest BCUT2D eigenvalue weighted by Crippen LogP contribution is 2.39. The van der Waals surface area contributed by atoms with Crippen molar-refractivity contribution in [1.82, 2.24) is 5.32 Å². The summed E-state index contributed by atoms with van der Waals surface area (Å²) in [4.78, 5) is 2.62. The van der Waals surface area contributed by atoms with Crippen molar-refractivity contribution in [3.05, 3.63) is 86.6 Å². The maximum atomic E-state index is 6.23. The lowest BCUT2D eigenvalue weighted by molar-refractivity contribution is 0.512. The second kappa shape index (κ2) is 6.00. The lowest BCUT2D eigenvalue weighted by Crippen LogP contribution is -2.36. The summed E-state index contributed by atoms with van der Waals surface area (Å²) in [5.74, 6) is 0. The predicted molar refractivity (Wildman–Crippen MR) is 98.3 cm³/mol. The quantitative estimate of drug-likeness (QED) is 0.642. The molecule has 23 heavy (non-hydrogen) atoms. The maximum absolute atomic E-state index is 6.23. The van der Waals surface area contributed by atoms with Gasteiger partial charge in [0.1, 0.15) is 6.17 Å². The number of hydrogen-bond acceptors (Lipinski definition) is 3. The number of benzene rings is 2. The van der Waals surface area contributed by atoms with Crippen molar-refractivity contribution in [3.63, 3.8) is 0 Å². The molecule has 0 spiro atoms. The molecule has 4 heteroatoms. The van der Waals surface area contributed by atoms with E-state index in [9.17, 15) is 0 Å². The fourth-order valence-electron chi connectivity index (χ4n) is 3.04. The summed E-state index contributed by atoms with van der Waals surface area (Å²) in [6, 6.07) is 21.0. The Balaban J connectivity index is 1.79. The first-order valence-corrected chi connectivity index (χ1v) is 8.83. The SMILES string of the molecule is Cc1ccc([C@@H]2Nc3ccc(Cl)cc3[C@@H](c3ccccc3)N2)s1. The van der Waals surface area contributed by atoms with Gasteiger partial charge < -0.3 is 5.32 Å². The fraction of sp³-hybridized carbons (Fsp3) is 0.158. The number of thiophene rings is 1. The van der Waals surface area contributed by atoms with Crippen molar-refractivity contribution < 1.29 is 0 Å². The highest BCUT2D eigenvalue weighted by molar-refractivity contribution is 7.12. The molecule has 0 unspecified atom stereocenters. The molecule has 0 radical (unpaired) electrons. The molecule has 0 saturated heterocycles. The minimum atomic E-state index is 0.104. The first kappa shape index (κ1) is 14.8. The van der Waals surface area contributed by atoms with E-state index in [1.165, 1.54) is 20.9 Å². The van der Waals surface area contributed by atoms with E-state index in [2.05, 4.69) is 60.0 Å². The molecule has 2 N–H and O–H groups in total. The average molecular weight is 341 g/mol. The van der Waals surface area contributed by atoms with Gasteiger partial charge in [-0.05, 0) is 48.4 Å². The van der Waals surface area contributed by atoms with Crippen molar-refractivity contribution >= 4 is 28.6 Å². The van der Waals surface area contributed by atoms with Gasteiger partial charge >= 0.3 is 0 Å². The number of nitrogens with one attached hydrogen (secondary N) is 2. The molecule has 2 aromatic carbocycles. The predicted octanol–water partition coefficient (Wildman–Crippen LogP) is 5.51. The molecule has 116 valence electrons. The van der Waals surface area contributed by atoms with Gasteiger partial charge in [0, 0.05) is 20.5 Å². The summed E-state index contributed by atoms with van der Waals surface area (Å²) >= 11 is 8.05. The molecule has 0 amide bonds. The van der Waals surface area contributed by atoms with Crippen LogP contribution < -0.4 is 10.6 Å². The summed E-state index contributed by atoms with van der Waals surface area (Å²) in [6.07, 6.45) is 0.104. The Morgan fingerprint density at radius 1 is 1.00 bits per heavy atom. The number of fused-ring (bicyclic) bond motifs is 1. The fourth-order valence-corrected chi connectivity index (χ4v) is 4.11. The van der Waals surface area contributed by atoms with Gasteiger partial charge in [0.2, 0.25) is 0 Å². The third kappa shape index (κ3) is 2.88. The second-order valence-electron chi connectivity index (χ2n) is 5.77. The molecule has 0 fully saturated rings. The van der Waals surface area contributed by atoms with Crippen LogP contribution in [0.15, 0.2) is 60.7 Å². The highest BCUT2D eigenvalue weighted by atomic mass is 35.5. The molecular weight excluding hydrogens is 324 g/mol. The van der Waals surface area contributed by atoms with Crippen LogP contribution in [0.2, 0.25) is 5.02 Å². The third-order valence-corrected chi connectivity index (χ3v) is 5.44. The minimum absolute atomic E-state index is 0.104. The van der Waals surface area contributed by atoms with Crippen LogP contribution in [0.3, 0.4) is 0 Å². The van der Waals surface area contributed by atoms with E-state index in [4.69, 9.17) is 11.6 Å². The molecule has 1 aliphatic rings. The number of anilines is 1. The topological polar surface area (TPSA) is 24.1 Å². The van der Waals surface area contributed by atoms with Gasteiger partial charge in [0.25, 0.3) is 0 Å². The average Bonchev–Trinajstić information content (AvgIpc) is 3.01. The zero-order valence-electron chi connectivity index (χ0n) is 12.7. The molecule has 4 rings (SSSR count). The van der Waals surface area contributed by atoms with Gasteiger partial charge in [-0.3, -0.25) is 5.32 Å². The summed E-state index contributed by atoms with van der Waals surface area (Å²) in [7, 11) is 0. The Kier molecular flexibility index (Phi) is 3.85. The van der Waals surface area contributed by atoms with E-state index < -0.39 is 0 Å². The molecule has 0 aliphatic carbocycles. The smallest absolute Gasteiger partial charge is 0.113 e.